The second kappa shape index (κ2) is 3.91. The summed E-state index contributed by atoms with van der Waals surface area (Å²) in [7, 11) is 0. The van der Waals surface area contributed by atoms with Crippen molar-refractivity contribution in [2.75, 3.05) is 0 Å². The van der Waals surface area contributed by atoms with Crippen LogP contribution in [0.25, 0.3) is 0 Å². The Balaban J connectivity index is 0.000000490. The van der Waals surface area contributed by atoms with Crippen molar-refractivity contribution in [3.63, 3.8) is 0 Å². The fraction of sp³-hybridized carbons (Fsp3) is 0. The Morgan fingerprint density at radius 3 is 2.38 bits per heavy atom. The summed E-state index contributed by atoms with van der Waals surface area (Å²) >= 11 is 5.37. The van der Waals surface area contributed by atoms with Crippen molar-refractivity contribution in [1.29, 1.82) is 0 Å². The third-order valence-electron chi connectivity index (χ3n) is 0.532. The van der Waals surface area contributed by atoms with Gasteiger partial charge in [0.1, 0.15) is 5.15 Å². The van der Waals surface area contributed by atoms with E-state index in [9.17, 15) is 0 Å². The molecule has 0 amide bonds. The van der Waals surface area contributed by atoms with Gasteiger partial charge in [-0.15, -0.1) is 0 Å². The molecule has 0 aliphatic rings. The largest absolute Gasteiger partial charge is 0.260 e. The number of hydrogen-bond acceptors (Lipinski definition) is 2. The molecule has 1 rings (SSSR count). The topological polar surface area (TPSA) is 25.8 Å². The second-order valence-electron chi connectivity index (χ2n) is 1.03. The van der Waals surface area contributed by atoms with Gasteiger partial charge in [-0.1, -0.05) is 11.6 Å². The SMILES string of the molecule is Clc1cnccn1.[Li]. The van der Waals surface area contributed by atoms with E-state index in [1.54, 1.807) is 12.4 Å². The first-order valence-electron chi connectivity index (χ1n) is 1.81. The van der Waals surface area contributed by atoms with E-state index in [1.807, 2.05) is 0 Å². The number of halogens is 1. The van der Waals surface area contributed by atoms with Crippen LogP contribution in [0.15, 0.2) is 18.6 Å². The Morgan fingerprint density at radius 2 is 2.12 bits per heavy atom. The zero-order chi connectivity index (χ0) is 5.11. The molecule has 8 heavy (non-hydrogen) atoms. The molecule has 1 heterocycles. The molecule has 0 aliphatic carbocycles. The van der Waals surface area contributed by atoms with Gasteiger partial charge >= 0.3 is 0 Å². The molecule has 1 aromatic heterocycles. The van der Waals surface area contributed by atoms with E-state index in [0.29, 0.717) is 5.15 Å². The van der Waals surface area contributed by atoms with E-state index >= 15 is 0 Å². The minimum atomic E-state index is 0. The van der Waals surface area contributed by atoms with Crippen LogP contribution in [0.1, 0.15) is 0 Å². The monoisotopic (exact) mass is 121 g/mol. The molecular formula is C4H3ClLiN2. The summed E-state index contributed by atoms with van der Waals surface area (Å²) in [5, 5.41) is 0.433. The standard InChI is InChI=1S/C4H3ClN2.Li/c5-4-3-6-1-2-7-4;/h1-3H;. The molecule has 1 aromatic rings. The summed E-state index contributed by atoms with van der Waals surface area (Å²) < 4.78 is 0. The van der Waals surface area contributed by atoms with Gasteiger partial charge in [-0.2, -0.15) is 0 Å². The number of rotatable bonds is 0. The maximum atomic E-state index is 5.37. The Hall–Kier alpha value is -0.0326. The number of hydrogen-bond donors (Lipinski definition) is 0. The molecule has 2 nitrogen and oxygen atoms in total. The van der Waals surface area contributed by atoms with Gasteiger partial charge in [-0.05, 0) is 0 Å². The van der Waals surface area contributed by atoms with Gasteiger partial charge in [0.25, 0.3) is 0 Å². The molecule has 0 spiro atoms. The predicted octanol–water partition coefficient (Wildman–Crippen LogP) is 0.749. The van der Waals surface area contributed by atoms with E-state index in [4.69, 9.17) is 11.6 Å². The zero-order valence-corrected chi connectivity index (χ0v) is 5.26. The average molecular weight is 121 g/mol. The molecular weight excluding hydrogens is 118 g/mol. The molecule has 0 fully saturated rings. The minimum absolute atomic E-state index is 0. The van der Waals surface area contributed by atoms with E-state index in [-0.39, 0.29) is 18.9 Å². The van der Waals surface area contributed by atoms with Gasteiger partial charge in [0, 0.05) is 31.3 Å². The van der Waals surface area contributed by atoms with Crippen molar-refractivity contribution in [3.05, 3.63) is 23.7 Å². The summed E-state index contributed by atoms with van der Waals surface area (Å²) in [4.78, 5) is 7.37. The van der Waals surface area contributed by atoms with Gasteiger partial charge in [0.2, 0.25) is 0 Å². The first kappa shape index (κ1) is 7.97. The van der Waals surface area contributed by atoms with Gasteiger partial charge in [0.15, 0.2) is 0 Å². The first-order valence-corrected chi connectivity index (χ1v) is 2.19. The normalized spacial score (nSPS) is 7.62. The molecule has 0 unspecified atom stereocenters. The molecule has 0 N–H and O–H groups in total. The Kier molecular flexibility index (Phi) is 3.89. The maximum Gasteiger partial charge on any atom is 0.147 e. The smallest absolute Gasteiger partial charge is 0.147 e. The van der Waals surface area contributed by atoms with E-state index < -0.39 is 0 Å². The summed E-state index contributed by atoms with van der Waals surface area (Å²) in [6.45, 7) is 0. The Bertz CT molecular complexity index is 144. The van der Waals surface area contributed by atoms with Gasteiger partial charge in [-0.3, -0.25) is 4.98 Å². The Morgan fingerprint density at radius 1 is 1.38 bits per heavy atom. The van der Waals surface area contributed by atoms with Crippen LogP contribution in [0.3, 0.4) is 0 Å². The molecule has 37 valence electrons. The van der Waals surface area contributed by atoms with Crippen molar-refractivity contribution in [3.8, 4) is 0 Å². The summed E-state index contributed by atoms with van der Waals surface area (Å²) in [6, 6.07) is 0. The maximum absolute atomic E-state index is 5.37. The van der Waals surface area contributed by atoms with Crippen LogP contribution in [-0.4, -0.2) is 28.8 Å². The number of aromatic nitrogens is 2. The molecule has 0 saturated carbocycles. The van der Waals surface area contributed by atoms with Crippen molar-refractivity contribution in [1.82, 2.24) is 9.97 Å². The third kappa shape index (κ3) is 2.32. The van der Waals surface area contributed by atoms with Crippen LogP contribution < -0.4 is 0 Å². The molecule has 0 aromatic carbocycles. The van der Waals surface area contributed by atoms with E-state index in [2.05, 4.69) is 9.97 Å². The van der Waals surface area contributed by atoms with Crippen molar-refractivity contribution in [2.45, 2.75) is 0 Å². The number of nitrogens with zero attached hydrogens (tertiary/aromatic N) is 2. The van der Waals surface area contributed by atoms with E-state index in [0.717, 1.165) is 0 Å². The van der Waals surface area contributed by atoms with Crippen LogP contribution in [0.4, 0.5) is 0 Å². The molecule has 0 aliphatic heterocycles. The van der Waals surface area contributed by atoms with Crippen molar-refractivity contribution in [2.24, 2.45) is 0 Å². The summed E-state index contributed by atoms with van der Waals surface area (Å²) in [5.74, 6) is 0. The van der Waals surface area contributed by atoms with Crippen LogP contribution >= 0.6 is 11.6 Å². The van der Waals surface area contributed by atoms with Crippen molar-refractivity contribution >= 4 is 30.5 Å². The van der Waals surface area contributed by atoms with Crippen LogP contribution in [0.5, 0.6) is 0 Å². The summed E-state index contributed by atoms with van der Waals surface area (Å²) in [5.41, 5.74) is 0. The molecule has 4 heteroatoms. The molecule has 0 saturated heterocycles. The Labute approximate surface area is 64.5 Å². The fourth-order valence-electron chi connectivity index (χ4n) is 0.281. The predicted molar refractivity (Wildman–Crippen MR) is 32.8 cm³/mol. The third-order valence-corrected chi connectivity index (χ3v) is 0.727. The van der Waals surface area contributed by atoms with Gasteiger partial charge in [-0.25, -0.2) is 4.98 Å². The molecule has 0 atom stereocenters. The van der Waals surface area contributed by atoms with Crippen LogP contribution in [0, 0.1) is 0 Å². The quantitative estimate of drug-likeness (QED) is 0.474. The van der Waals surface area contributed by atoms with Crippen LogP contribution in [-0.2, 0) is 0 Å². The first-order chi connectivity index (χ1) is 3.39. The molecule has 1 radical (unpaired) electrons. The van der Waals surface area contributed by atoms with Crippen molar-refractivity contribution < 1.29 is 0 Å². The zero-order valence-electron chi connectivity index (χ0n) is 4.50. The van der Waals surface area contributed by atoms with Gasteiger partial charge in [0.05, 0.1) is 6.20 Å². The fourth-order valence-corrected chi connectivity index (χ4v) is 0.394. The minimum Gasteiger partial charge on any atom is -0.260 e. The van der Waals surface area contributed by atoms with E-state index in [1.165, 1.54) is 6.20 Å². The second-order valence-corrected chi connectivity index (χ2v) is 1.42. The molecule has 0 bridgehead atoms. The average Bonchev–Trinajstić information content (AvgIpc) is 1.69. The summed E-state index contributed by atoms with van der Waals surface area (Å²) in [6.07, 6.45) is 4.61. The van der Waals surface area contributed by atoms with Crippen LogP contribution in [0.2, 0.25) is 5.15 Å². The van der Waals surface area contributed by atoms with Gasteiger partial charge < -0.3 is 0 Å².